The van der Waals surface area contributed by atoms with Crippen LogP contribution < -0.4 is 0 Å². The van der Waals surface area contributed by atoms with Crippen LogP contribution >= 0.6 is 11.6 Å². The molecule has 1 rings (SSSR count). The molecule has 0 aromatic heterocycles. The van der Waals surface area contributed by atoms with Gasteiger partial charge in [-0.2, -0.15) is 0 Å². The monoisotopic (exact) mass is 196 g/mol. The molecule has 1 atom stereocenters. The molecule has 0 aliphatic carbocycles. The van der Waals surface area contributed by atoms with Crippen molar-refractivity contribution < 1.29 is 5.11 Å². The Hall–Kier alpha value is -0.790. The Bertz CT molecular complexity index is 316. The maximum absolute atomic E-state index is 9.14. The fourth-order valence-electron chi connectivity index (χ4n) is 1.19. The summed E-state index contributed by atoms with van der Waals surface area (Å²) in [6, 6.07) is 7.59. The van der Waals surface area contributed by atoms with E-state index in [1.807, 2.05) is 31.2 Å². The van der Waals surface area contributed by atoms with Crippen LogP contribution in [0.3, 0.4) is 0 Å². The summed E-state index contributed by atoms with van der Waals surface area (Å²) in [5, 5.41) is 9.86. The number of aliphatic hydroxyl groups is 1. The number of rotatable bonds is 2. The van der Waals surface area contributed by atoms with E-state index < -0.39 is 6.10 Å². The van der Waals surface area contributed by atoms with E-state index in [0.717, 1.165) is 16.2 Å². The maximum Gasteiger partial charge on any atom is 0.0698 e. The summed E-state index contributed by atoms with van der Waals surface area (Å²) in [5.41, 5.74) is 2.09. The summed E-state index contributed by atoms with van der Waals surface area (Å²) < 4.78 is 0. The van der Waals surface area contributed by atoms with Gasteiger partial charge in [0.15, 0.2) is 0 Å². The van der Waals surface area contributed by atoms with Gasteiger partial charge in [0.2, 0.25) is 0 Å². The molecule has 1 aromatic rings. The van der Waals surface area contributed by atoms with E-state index >= 15 is 0 Å². The zero-order chi connectivity index (χ0) is 9.84. The van der Waals surface area contributed by atoms with E-state index in [9.17, 15) is 0 Å². The van der Waals surface area contributed by atoms with E-state index in [0.29, 0.717) is 0 Å². The Morgan fingerprint density at radius 1 is 1.54 bits per heavy atom. The summed E-state index contributed by atoms with van der Waals surface area (Å²) in [6.45, 7) is 3.69. The highest BCUT2D eigenvalue weighted by molar-refractivity contribution is 6.30. The Morgan fingerprint density at radius 2 is 2.23 bits per heavy atom. The second-order valence-corrected chi connectivity index (χ2v) is 3.54. The van der Waals surface area contributed by atoms with Gasteiger partial charge in [-0.1, -0.05) is 29.8 Å². The number of allylic oxidation sites excluding steroid dienone is 1. The van der Waals surface area contributed by atoms with Crippen molar-refractivity contribution >= 4 is 17.2 Å². The quantitative estimate of drug-likeness (QED) is 0.771. The van der Waals surface area contributed by atoms with Crippen LogP contribution in [-0.4, -0.2) is 11.2 Å². The summed E-state index contributed by atoms with van der Waals surface area (Å²) in [4.78, 5) is 0. The van der Waals surface area contributed by atoms with Crippen LogP contribution in [0.2, 0.25) is 5.02 Å². The van der Waals surface area contributed by atoms with Gasteiger partial charge in [0.05, 0.1) is 6.10 Å². The lowest BCUT2D eigenvalue weighted by molar-refractivity contribution is 0.244. The van der Waals surface area contributed by atoms with Crippen molar-refractivity contribution in [3.63, 3.8) is 0 Å². The van der Waals surface area contributed by atoms with Crippen LogP contribution in [0.15, 0.2) is 30.3 Å². The van der Waals surface area contributed by atoms with E-state index in [2.05, 4.69) is 0 Å². The third-order valence-corrected chi connectivity index (χ3v) is 2.01. The predicted octanol–water partition coefficient (Wildman–Crippen LogP) is 3.12. The van der Waals surface area contributed by atoms with Crippen molar-refractivity contribution in [2.45, 2.75) is 20.0 Å². The molecule has 0 amide bonds. The van der Waals surface area contributed by atoms with Crippen LogP contribution in [0.1, 0.15) is 19.4 Å². The topological polar surface area (TPSA) is 20.2 Å². The minimum absolute atomic E-state index is 0.418. The van der Waals surface area contributed by atoms with Crippen LogP contribution in [0, 0.1) is 0 Å². The molecule has 1 unspecified atom stereocenters. The number of aliphatic hydroxyl groups excluding tert-OH is 1. The average molecular weight is 197 g/mol. The van der Waals surface area contributed by atoms with E-state index in [1.165, 1.54) is 0 Å². The number of hydrogen-bond acceptors (Lipinski definition) is 1. The molecule has 0 fully saturated rings. The Kier molecular flexibility index (Phi) is 3.52. The molecule has 1 aromatic carbocycles. The van der Waals surface area contributed by atoms with Gasteiger partial charge in [-0.05, 0) is 37.1 Å². The van der Waals surface area contributed by atoms with Crippen LogP contribution in [0.4, 0.5) is 0 Å². The highest BCUT2D eigenvalue weighted by Gasteiger charge is 1.97. The lowest BCUT2D eigenvalue weighted by Gasteiger charge is -2.03. The Morgan fingerprint density at radius 3 is 2.77 bits per heavy atom. The van der Waals surface area contributed by atoms with Gasteiger partial charge < -0.3 is 5.11 Å². The molecule has 0 bridgehead atoms. The van der Waals surface area contributed by atoms with Gasteiger partial charge in [0.25, 0.3) is 0 Å². The van der Waals surface area contributed by atoms with Crippen LogP contribution in [0.5, 0.6) is 0 Å². The summed E-state index contributed by atoms with van der Waals surface area (Å²) >= 11 is 5.84. The standard InChI is InChI=1S/C11H13ClO/c1-8(6-9(2)13)10-4-3-5-11(12)7-10/h3-7,9,13H,1-2H3/b8-6-. The van der Waals surface area contributed by atoms with E-state index in [4.69, 9.17) is 16.7 Å². The zero-order valence-electron chi connectivity index (χ0n) is 7.79. The highest BCUT2D eigenvalue weighted by Crippen LogP contribution is 2.18. The van der Waals surface area contributed by atoms with Crippen molar-refractivity contribution in [3.8, 4) is 0 Å². The summed E-state index contributed by atoms with van der Waals surface area (Å²) in [6.07, 6.45) is 1.38. The van der Waals surface area contributed by atoms with Crippen molar-refractivity contribution in [3.05, 3.63) is 40.9 Å². The average Bonchev–Trinajstić information content (AvgIpc) is 2.03. The maximum atomic E-state index is 9.14. The Labute approximate surface area is 83.7 Å². The fraction of sp³-hybridized carbons (Fsp3) is 0.273. The molecule has 0 aliphatic heterocycles. The van der Waals surface area contributed by atoms with Gasteiger partial charge in [0, 0.05) is 5.02 Å². The lowest BCUT2D eigenvalue weighted by atomic mass is 10.1. The first-order chi connectivity index (χ1) is 6.09. The number of hydrogen-bond donors (Lipinski definition) is 1. The van der Waals surface area contributed by atoms with Crippen molar-refractivity contribution in [1.29, 1.82) is 0 Å². The molecule has 0 heterocycles. The van der Waals surface area contributed by atoms with Crippen LogP contribution in [0.25, 0.3) is 5.57 Å². The second-order valence-electron chi connectivity index (χ2n) is 3.10. The molecule has 13 heavy (non-hydrogen) atoms. The normalized spacial score (nSPS) is 14.3. The molecule has 1 N–H and O–H groups in total. The number of benzene rings is 1. The molecular formula is C11H13ClO. The minimum atomic E-state index is -0.418. The molecule has 70 valence electrons. The molecular weight excluding hydrogens is 184 g/mol. The fourth-order valence-corrected chi connectivity index (χ4v) is 1.38. The first-order valence-electron chi connectivity index (χ1n) is 4.22. The zero-order valence-corrected chi connectivity index (χ0v) is 8.55. The van der Waals surface area contributed by atoms with Crippen molar-refractivity contribution in [2.75, 3.05) is 0 Å². The van der Waals surface area contributed by atoms with Crippen molar-refractivity contribution in [1.82, 2.24) is 0 Å². The highest BCUT2D eigenvalue weighted by atomic mass is 35.5. The SMILES string of the molecule is C/C(=C/C(C)O)c1cccc(Cl)c1. The molecule has 0 aliphatic rings. The smallest absolute Gasteiger partial charge is 0.0698 e. The molecule has 0 saturated carbocycles. The molecule has 0 saturated heterocycles. The summed E-state index contributed by atoms with van der Waals surface area (Å²) in [7, 11) is 0. The van der Waals surface area contributed by atoms with Gasteiger partial charge >= 0.3 is 0 Å². The van der Waals surface area contributed by atoms with Crippen molar-refractivity contribution in [2.24, 2.45) is 0 Å². The molecule has 2 heteroatoms. The third-order valence-electron chi connectivity index (χ3n) is 1.77. The lowest BCUT2D eigenvalue weighted by Crippen LogP contribution is -1.94. The largest absolute Gasteiger partial charge is 0.389 e. The minimum Gasteiger partial charge on any atom is -0.389 e. The van der Waals surface area contributed by atoms with Gasteiger partial charge in [-0.15, -0.1) is 0 Å². The van der Waals surface area contributed by atoms with Gasteiger partial charge in [-0.3, -0.25) is 0 Å². The predicted molar refractivity (Wildman–Crippen MR) is 56.8 cm³/mol. The molecule has 1 nitrogen and oxygen atoms in total. The van der Waals surface area contributed by atoms with Gasteiger partial charge in [-0.25, -0.2) is 0 Å². The molecule has 0 radical (unpaired) electrons. The number of halogens is 1. The third kappa shape index (κ3) is 3.21. The summed E-state index contributed by atoms with van der Waals surface area (Å²) in [5.74, 6) is 0. The first-order valence-corrected chi connectivity index (χ1v) is 4.60. The van der Waals surface area contributed by atoms with Crippen LogP contribution in [-0.2, 0) is 0 Å². The van der Waals surface area contributed by atoms with E-state index in [1.54, 1.807) is 13.0 Å². The first kappa shape index (κ1) is 10.3. The second kappa shape index (κ2) is 4.45. The van der Waals surface area contributed by atoms with Gasteiger partial charge in [0.1, 0.15) is 0 Å². The molecule has 0 spiro atoms. The Balaban J connectivity index is 2.95. The van der Waals surface area contributed by atoms with E-state index in [-0.39, 0.29) is 0 Å².